The molecule has 166 valence electrons. The number of carbonyl (C=O) groups excluding carboxylic acids is 1. The molecule has 0 atom stereocenters. The first kappa shape index (κ1) is 20.4. The molecule has 4 aliphatic carbocycles. The topological polar surface area (TPSA) is 62.9 Å². The number of furan rings is 1. The molecule has 2 heterocycles. The molecule has 32 heavy (non-hydrogen) atoms. The Bertz CT molecular complexity index is 1110. The van der Waals surface area contributed by atoms with Crippen molar-refractivity contribution in [3.05, 3.63) is 41.0 Å². The number of hydrogen-bond donors (Lipinski definition) is 1. The lowest BCUT2D eigenvalue weighted by Crippen LogP contribution is -2.57. The molecular formula is C25H25NO4S2. The molecule has 5 fully saturated rings. The van der Waals surface area contributed by atoms with Crippen LogP contribution in [-0.2, 0) is 4.79 Å². The lowest BCUT2D eigenvalue weighted by Gasteiger charge is -2.56. The van der Waals surface area contributed by atoms with Gasteiger partial charge in [-0.3, -0.25) is 9.69 Å². The maximum atomic E-state index is 13.4. The number of nitrogens with zero attached hydrogens (tertiary/aromatic N) is 1. The second-order valence-electron chi connectivity index (χ2n) is 9.59. The predicted molar refractivity (Wildman–Crippen MR) is 128 cm³/mol. The highest BCUT2D eigenvalue weighted by molar-refractivity contribution is 8.26. The van der Waals surface area contributed by atoms with Crippen LogP contribution >= 0.6 is 24.0 Å². The molecule has 5 aliphatic rings. The van der Waals surface area contributed by atoms with E-state index in [1.54, 1.807) is 31.4 Å². The van der Waals surface area contributed by atoms with Gasteiger partial charge >= 0.3 is 0 Å². The number of thioether (sulfide) groups is 1. The number of hydrogen-bond acceptors (Lipinski definition) is 6. The van der Waals surface area contributed by atoms with Gasteiger partial charge in [0.1, 0.15) is 27.3 Å². The van der Waals surface area contributed by atoms with Crippen LogP contribution < -0.4 is 4.74 Å². The number of amides is 1. The van der Waals surface area contributed by atoms with Crippen LogP contribution in [0.5, 0.6) is 11.5 Å². The van der Waals surface area contributed by atoms with E-state index in [9.17, 15) is 9.90 Å². The minimum atomic E-state index is 0.0226. The summed E-state index contributed by atoms with van der Waals surface area (Å²) in [6, 6.07) is 8.90. The van der Waals surface area contributed by atoms with E-state index < -0.39 is 0 Å². The Morgan fingerprint density at radius 2 is 1.84 bits per heavy atom. The molecular weight excluding hydrogens is 442 g/mol. The van der Waals surface area contributed by atoms with Crippen molar-refractivity contribution in [3.8, 4) is 22.8 Å². The van der Waals surface area contributed by atoms with Gasteiger partial charge in [0.15, 0.2) is 0 Å². The number of aromatic hydroxyl groups is 1. The van der Waals surface area contributed by atoms with Gasteiger partial charge in [-0.15, -0.1) is 0 Å². The van der Waals surface area contributed by atoms with Crippen LogP contribution in [0.1, 0.15) is 37.9 Å². The lowest BCUT2D eigenvalue weighted by molar-refractivity contribution is -0.130. The van der Waals surface area contributed by atoms with Gasteiger partial charge in [0.05, 0.1) is 12.0 Å². The highest BCUT2D eigenvalue weighted by Crippen LogP contribution is 2.56. The highest BCUT2D eigenvalue weighted by Gasteiger charge is 2.53. The van der Waals surface area contributed by atoms with Crippen LogP contribution in [0.15, 0.2) is 39.7 Å². The molecule has 7 rings (SSSR count). The Morgan fingerprint density at radius 1 is 1.12 bits per heavy atom. The van der Waals surface area contributed by atoms with Gasteiger partial charge in [0, 0.05) is 23.7 Å². The number of ether oxygens (including phenoxy) is 1. The number of thiocarbonyl (C=S) groups is 1. The van der Waals surface area contributed by atoms with E-state index in [0.717, 1.165) is 11.8 Å². The monoisotopic (exact) mass is 467 g/mol. The Labute approximate surface area is 196 Å². The zero-order valence-electron chi connectivity index (χ0n) is 17.8. The van der Waals surface area contributed by atoms with Crippen molar-refractivity contribution in [2.45, 2.75) is 38.1 Å². The first-order valence-electron chi connectivity index (χ1n) is 11.2. The van der Waals surface area contributed by atoms with Gasteiger partial charge in [-0.2, -0.15) is 0 Å². The first-order chi connectivity index (χ1) is 15.5. The Balaban J connectivity index is 1.25. The van der Waals surface area contributed by atoms with Gasteiger partial charge < -0.3 is 14.3 Å². The molecule has 1 aromatic carbocycles. The third-order valence-corrected chi connectivity index (χ3v) is 8.94. The number of carbonyl (C=O) groups is 1. The van der Waals surface area contributed by atoms with Crippen molar-refractivity contribution in [3.63, 3.8) is 0 Å². The Morgan fingerprint density at radius 3 is 2.53 bits per heavy atom. The quantitative estimate of drug-likeness (QED) is 0.461. The third-order valence-electron chi connectivity index (χ3n) is 7.61. The van der Waals surface area contributed by atoms with Crippen molar-refractivity contribution >= 4 is 40.3 Å². The second-order valence-corrected chi connectivity index (χ2v) is 11.3. The van der Waals surface area contributed by atoms with E-state index in [0.29, 0.717) is 43.9 Å². The fraction of sp³-hybridized carbons (Fsp3) is 0.440. The van der Waals surface area contributed by atoms with E-state index in [2.05, 4.69) is 0 Å². The summed E-state index contributed by atoms with van der Waals surface area (Å²) in [5.74, 6) is 4.79. The smallest absolute Gasteiger partial charge is 0.266 e. The van der Waals surface area contributed by atoms with Crippen molar-refractivity contribution in [1.82, 2.24) is 4.90 Å². The molecule has 0 spiro atoms. The summed E-state index contributed by atoms with van der Waals surface area (Å²) >= 11 is 7.07. The van der Waals surface area contributed by atoms with Crippen LogP contribution in [0, 0.1) is 23.7 Å². The molecule has 1 N–H and O–H groups in total. The summed E-state index contributed by atoms with van der Waals surface area (Å²) in [6.45, 7) is 0. The van der Waals surface area contributed by atoms with E-state index in [1.807, 2.05) is 17.0 Å². The number of rotatable bonds is 4. The zero-order valence-corrected chi connectivity index (χ0v) is 19.5. The predicted octanol–water partition coefficient (Wildman–Crippen LogP) is 5.69. The SMILES string of the molecule is COc1cc(O)cc(-c2ccc(/C=C3\SC(=S)N(C4C5CC6CC(C5)CC4C6)C3=O)o2)c1. The third kappa shape index (κ3) is 3.37. The van der Waals surface area contributed by atoms with Crippen molar-refractivity contribution in [2.24, 2.45) is 23.7 Å². The van der Waals surface area contributed by atoms with Gasteiger partial charge in [0.2, 0.25) is 0 Å². The number of methoxy groups -OCH3 is 1. The molecule has 4 saturated carbocycles. The molecule has 5 nitrogen and oxygen atoms in total. The number of phenolic OH excluding ortho intramolecular Hbond substituents is 1. The highest BCUT2D eigenvalue weighted by atomic mass is 32.2. The first-order valence-corrected chi connectivity index (χ1v) is 12.5. The molecule has 1 aliphatic heterocycles. The van der Waals surface area contributed by atoms with Crippen LogP contribution in [0.4, 0.5) is 0 Å². The summed E-state index contributed by atoms with van der Waals surface area (Å²) in [4.78, 5) is 16.0. The second kappa shape index (κ2) is 7.66. The zero-order chi connectivity index (χ0) is 22.0. The van der Waals surface area contributed by atoms with Crippen LogP contribution in [-0.4, -0.2) is 33.4 Å². The van der Waals surface area contributed by atoms with E-state index >= 15 is 0 Å². The minimum Gasteiger partial charge on any atom is -0.508 e. The molecule has 1 amide bonds. The Kier molecular flexibility index (Phi) is 4.88. The van der Waals surface area contributed by atoms with Gasteiger partial charge in [-0.05, 0) is 80.0 Å². The van der Waals surface area contributed by atoms with Crippen molar-refractivity contribution < 1.29 is 19.1 Å². The molecule has 4 bridgehead atoms. The summed E-state index contributed by atoms with van der Waals surface area (Å²) in [6.07, 6.45) is 8.19. The van der Waals surface area contributed by atoms with E-state index in [1.165, 1.54) is 43.9 Å². The maximum Gasteiger partial charge on any atom is 0.266 e. The Hall–Kier alpha value is -2.25. The normalized spacial score (nSPS) is 32.3. The van der Waals surface area contributed by atoms with E-state index in [4.69, 9.17) is 21.4 Å². The molecule has 1 saturated heterocycles. The van der Waals surface area contributed by atoms with E-state index in [-0.39, 0.29) is 17.7 Å². The molecule has 1 aromatic heterocycles. The number of benzene rings is 1. The number of phenols is 1. The summed E-state index contributed by atoms with van der Waals surface area (Å²) in [5.41, 5.74) is 0.711. The largest absolute Gasteiger partial charge is 0.508 e. The van der Waals surface area contributed by atoms with Gasteiger partial charge in [-0.1, -0.05) is 24.0 Å². The van der Waals surface area contributed by atoms with Crippen LogP contribution in [0.25, 0.3) is 17.4 Å². The maximum absolute atomic E-state index is 13.4. The summed E-state index contributed by atoms with van der Waals surface area (Å²) < 4.78 is 11.9. The molecule has 0 radical (unpaired) electrons. The average molecular weight is 468 g/mol. The van der Waals surface area contributed by atoms with Crippen LogP contribution in [0.2, 0.25) is 0 Å². The molecule has 2 aromatic rings. The van der Waals surface area contributed by atoms with Crippen LogP contribution in [0.3, 0.4) is 0 Å². The minimum absolute atomic E-state index is 0.0226. The standard InChI is InChI=1S/C25H25NO4S2/c1-29-20-10-15(9-18(27)11-20)21-3-2-19(30-21)12-22-24(28)26(25(31)32-22)23-16-5-13-4-14(7-16)8-17(23)6-13/h2-3,9-14,16-17,23,27H,4-8H2,1H3/b22-12-. The van der Waals surface area contributed by atoms with Gasteiger partial charge in [-0.25, -0.2) is 0 Å². The average Bonchev–Trinajstić information content (AvgIpc) is 3.33. The summed E-state index contributed by atoms with van der Waals surface area (Å²) in [7, 11) is 1.55. The molecule has 0 unspecified atom stereocenters. The van der Waals surface area contributed by atoms with Gasteiger partial charge in [0.25, 0.3) is 5.91 Å². The molecule has 7 heteroatoms. The fourth-order valence-electron chi connectivity index (χ4n) is 6.61. The van der Waals surface area contributed by atoms with Crippen molar-refractivity contribution in [1.29, 1.82) is 0 Å². The fourth-order valence-corrected chi connectivity index (χ4v) is 7.94. The lowest BCUT2D eigenvalue weighted by atomic mass is 9.54. The summed E-state index contributed by atoms with van der Waals surface area (Å²) in [5, 5.41) is 9.93. The van der Waals surface area contributed by atoms with Crippen molar-refractivity contribution in [2.75, 3.05) is 7.11 Å².